The SMILES string of the molecule is COc1cccc(C2/C(=C(\O)c3ccncc3)C(=O)C(=O)N2CCc2ccccc2)c1. The van der Waals surface area contributed by atoms with Crippen LogP contribution < -0.4 is 4.74 Å². The molecule has 1 fully saturated rings. The van der Waals surface area contributed by atoms with Gasteiger partial charge in [-0.3, -0.25) is 14.6 Å². The van der Waals surface area contributed by atoms with Crippen LogP contribution in [0, 0.1) is 0 Å². The molecule has 1 aliphatic heterocycles. The number of hydrogen-bond donors (Lipinski definition) is 1. The first kappa shape index (κ1) is 20.3. The van der Waals surface area contributed by atoms with E-state index in [-0.39, 0.29) is 11.3 Å². The number of pyridine rings is 1. The molecule has 1 amide bonds. The first-order valence-corrected chi connectivity index (χ1v) is 9.97. The van der Waals surface area contributed by atoms with Crippen molar-refractivity contribution in [2.75, 3.05) is 13.7 Å². The Morgan fingerprint density at radius 2 is 1.77 bits per heavy atom. The highest BCUT2D eigenvalue weighted by molar-refractivity contribution is 6.46. The molecule has 2 heterocycles. The Morgan fingerprint density at radius 3 is 2.48 bits per heavy atom. The van der Waals surface area contributed by atoms with Gasteiger partial charge in [-0.2, -0.15) is 0 Å². The second kappa shape index (κ2) is 8.83. The van der Waals surface area contributed by atoms with Crippen molar-refractivity contribution in [3.8, 4) is 5.75 Å². The molecule has 1 aromatic heterocycles. The van der Waals surface area contributed by atoms with Gasteiger partial charge in [-0.25, -0.2) is 0 Å². The molecule has 1 atom stereocenters. The molecule has 2 aromatic carbocycles. The summed E-state index contributed by atoms with van der Waals surface area (Å²) in [4.78, 5) is 31.5. The van der Waals surface area contributed by atoms with Gasteiger partial charge in [-0.1, -0.05) is 42.5 Å². The van der Waals surface area contributed by atoms with Crippen LogP contribution >= 0.6 is 0 Å². The minimum atomic E-state index is -0.716. The van der Waals surface area contributed by atoms with Gasteiger partial charge in [0.2, 0.25) is 0 Å². The monoisotopic (exact) mass is 414 g/mol. The lowest BCUT2D eigenvalue weighted by Crippen LogP contribution is -2.31. The molecule has 156 valence electrons. The summed E-state index contributed by atoms with van der Waals surface area (Å²) in [5, 5.41) is 11.0. The van der Waals surface area contributed by atoms with Crippen molar-refractivity contribution in [1.29, 1.82) is 0 Å². The number of Topliss-reactive ketones (excluding diaryl/α,β-unsaturated/α-hetero) is 1. The van der Waals surface area contributed by atoms with Crippen LogP contribution in [0.3, 0.4) is 0 Å². The predicted molar refractivity (Wildman–Crippen MR) is 116 cm³/mol. The Morgan fingerprint density at radius 1 is 1.03 bits per heavy atom. The normalized spacial score (nSPS) is 17.7. The van der Waals surface area contributed by atoms with E-state index in [1.165, 1.54) is 17.3 Å². The maximum Gasteiger partial charge on any atom is 0.295 e. The number of carbonyl (C=O) groups excluding carboxylic acids is 2. The number of rotatable bonds is 6. The molecule has 31 heavy (non-hydrogen) atoms. The van der Waals surface area contributed by atoms with Gasteiger partial charge >= 0.3 is 0 Å². The van der Waals surface area contributed by atoms with Crippen LogP contribution in [0.1, 0.15) is 22.7 Å². The maximum atomic E-state index is 13.0. The number of hydrogen-bond acceptors (Lipinski definition) is 5. The van der Waals surface area contributed by atoms with Crippen LogP contribution in [-0.2, 0) is 16.0 Å². The van der Waals surface area contributed by atoms with Crippen molar-refractivity contribution in [3.05, 3.63) is 101 Å². The van der Waals surface area contributed by atoms with E-state index in [0.717, 1.165) is 5.56 Å². The summed E-state index contributed by atoms with van der Waals surface area (Å²) in [6.07, 6.45) is 3.64. The largest absolute Gasteiger partial charge is 0.507 e. The highest BCUT2D eigenvalue weighted by Gasteiger charge is 2.45. The number of aliphatic hydroxyl groups excluding tert-OH is 1. The van der Waals surface area contributed by atoms with Crippen molar-refractivity contribution in [2.24, 2.45) is 0 Å². The molecule has 0 radical (unpaired) electrons. The Kier molecular flexibility index (Phi) is 5.80. The summed E-state index contributed by atoms with van der Waals surface area (Å²) in [5.41, 5.74) is 2.26. The van der Waals surface area contributed by atoms with Crippen molar-refractivity contribution in [3.63, 3.8) is 0 Å². The maximum absolute atomic E-state index is 13.0. The summed E-state index contributed by atoms with van der Waals surface area (Å²) < 4.78 is 5.34. The summed E-state index contributed by atoms with van der Waals surface area (Å²) >= 11 is 0. The minimum Gasteiger partial charge on any atom is -0.507 e. The quantitative estimate of drug-likeness (QED) is 0.377. The van der Waals surface area contributed by atoms with Gasteiger partial charge in [0.1, 0.15) is 11.5 Å². The Labute approximate surface area is 180 Å². The number of ketones is 1. The van der Waals surface area contributed by atoms with E-state index in [4.69, 9.17) is 4.74 Å². The lowest BCUT2D eigenvalue weighted by Gasteiger charge is -2.25. The van der Waals surface area contributed by atoms with Gasteiger partial charge < -0.3 is 14.7 Å². The molecule has 0 saturated carbocycles. The molecule has 1 unspecified atom stereocenters. The lowest BCUT2D eigenvalue weighted by molar-refractivity contribution is -0.139. The molecule has 0 spiro atoms. The second-order valence-electron chi connectivity index (χ2n) is 7.24. The fourth-order valence-corrected chi connectivity index (χ4v) is 3.83. The van der Waals surface area contributed by atoms with Crippen molar-refractivity contribution in [2.45, 2.75) is 12.5 Å². The zero-order valence-corrected chi connectivity index (χ0v) is 17.1. The molecular weight excluding hydrogens is 392 g/mol. The summed E-state index contributed by atoms with van der Waals surface area (Å²) in [6, 6.07) is 19.5. The third-order valence-corrected chi connectivity index (χ3v) is 5.39. The van der Waals surface area contributed by atoms with E-state index >= 15 is 0 Å². The van der Waals surface area contributed by atoms with E-state index in [1.807, 2.05) is 36.4 Å². The average Bonchev–Trinajstić information content (AvgIpc) is 3.08. The number of aliphatic hydroxyl groups is 1. The Balaban J connectivity index is 1.79. The molecule has 1 saturated heterocycles. The van der Waals surface area contributed by atoms with Crippen LogP contribution in [-0.4, -0.2) is 40.3 Å². The van der Waals surface area contributed by atoms with E-state index in [2.05, 4.69) is 4.98 Å². The number of ether oxygens (including phenoxy) is 1. The number of methoxy groups -OCH3 is 1. The van der Waals surface area contributed by atoms with Gasteiger partial charge in [0, 0.05) is 24.5 Å². The topological polar surface area (TPSA) is 79.7 Å². The third-order valence-electron chi connectivity index (χ3n) is 5.39. The van der Waals surface area contributed by atoms with E-state index < -0.39 is 17.7 Å². The van der Waals surface area contributed by atoms with Crippen LogP contribution in [0.25, 0.3) is 5.76 Å². The zero-order valence-electron chi connectivity index (χ0n) is 17.1. The highest BCUT2D eigenvalue weighted by atomic mass is 16.5. The molecular formula is C25H22N2O4. The van der Waals surface area contributed by atoms with Crippen LogP contribution in [0.15, 0.2) is 84.7 Å². The third kappa shape index (κ3) is 4.05. The van der Waals surface area contributed by atoms with Gasteiger partial charge in [0.25, 0.3) is 11.7 Å². The number of nitrogens with zero attached hydrogens (tertiary/aromatic N) is 2. The molecule has 4 rings (SSSR count). The van der Waals surface area contributed by atoms with E-state index in [9.17, 15) is 14.7 Å². The van der Waals surface area contributed by atoms with E-state index in [0.29, 0.717) is 29.8 Å². The van der Waals surface area contributed by atoms with E-state index in [1.54, 1.807) is 37.4 Å². The highest BCUT2D eigenvalue weighted by Crippen LogP contribution is 2.40. The summed E-state index contributed by atoms with van der Waals surface area (Å²) in [7, 11) is 1.56. The number of aromatic nitrogens is 1. The van der Waals surface area contributed by atoms with Gasteiger partial charge in [-0.05, 0) is 41.8 Å². The second-order valence-corrected chi connectivity index (χ2v) is 7.24. The minimum absolute atomic E-state index is 0.0671. The zero-order chi connectivity index (χ0) is 21.8. The number of carbonyl (C=O) groups is 2. The Bertz CT molecular complexity index is 1130. The van der Waals surface area contributed by atoms with Gasteiger partial charge in [0.05, 0.1) is 18.7 Å². The van der Waals surface area contributed by atoms with Crippen molar-refractivity contribution in [1.82, 2.24) is 9.88 Å². The summed E-state index contributed by atoms with van der Waals surface area (Å²) in [6.45, 7) is 0.337. The van der Waals surface area contributed by atoms with Crippen LogP contribution in [0.5, 0.6) is 5.75 Å². The molecule has 0 bridgehead atoms. The molecule has 6 nitrogen and oxygen atoms in total. The number of amides is 1. The lowest BCUT2D eigenvalue weighted by atomic mass is 9.95. The van der Waals surface area contributed by atoms with Crippen LogP contribution in [0.2, 0.25) is 0 Å². The standard InChI is InChI=1S/C25H22N2O4/c1-31-20-9-5-8-19(16-20)22-21(23(28)18-10-13-26-14-11-18)24(29)25(30)27(22)15-12-17-6-3-2-4-7-17/h2-11,13-14,16,22,28H,12,15H2,1H3/b23-21+. The van der Waals surface area contributed by atoms with Crippen molar-refractivity contribution >= 4 is 17.4 Å². The molecule has 1 N–H and O–H groups in total. The number of likely N-dealkylation sites (tertiary alicyclic amines) is 1. The molecule has 3 aromatic rings. The smallest absolute Gasteiger partial charge is 0.295 e. The van der Waals surface area contributed by atoms with Gasteiger partial charge in [0.15, 0.2) is 0 Å². The first-order chi connectivity index (χ1) is 15.1. The Hall–Kier alpha value is -3.93. The van der Waals surface area contributed by atoms with Crippen molar-refractivity contribution < 1.29 is 19.4 Å². The average molecular weight is 414 g/mol. The predicted octanol–water partition coefficient (Wildman–Crippen LogP) is 3.75. The molecule has 1 aliphatic rings. The fraction of sp³-hybridized carbons (Fsp3) is 0.160. The number of benzene rings is 2. The fourth-order valence-electron chi connectivity index (χ4n) is 3.83. The first-order valence-electron chi connectivity index (χ1n) is 9.97. The van der Waals surface area contributed by atoms with Gasteiger partial charge in [-0.15, -0.1) is 0 Å². The molecule has 6 heteroatoms. The van der Waals surface area contributed by atoms with Crippen LogP contribution in [0.4, 0.5) is 0 Å². The molecule has 0 aliphatic carbocycles. The summed E-state index contributed by atoms with van der Waals surface area (Å²) in [5.74, 6) is -0.930.